The second-order valence-electron chi connectivity index (χ2n) is 6.04. The molecule has 1 fully saturated rings. The van der Waals surface area contributed by atoms with Gasteiger partial charge in [-0.25, -0.2) is 0 Å². The topological polar surface area (TPSA) is 79.8 Å². The summed E-state index contributed by atoms with van der Waals surface area (Å²) in [5, 5.41) is 0. The first-order valence-corrected chi connectivity index (χ1v) is 7.97. The molecular weight excluding hydrogens is 306 g/mol. The number of nitrogen functional groups attached to an aromatic ring is 1. The third kappa shape index (κ3) is 3.13. The van der Waals surface area contributed by atoms with Crippen LogP contribution in [-0.4, -0.2) is 47.8 Å². The zero-order valence-corrected chi connectivity index (χ0v) is 13.9. The van der Waals surface area contributed by atoms with Crippen molar-refractivity contribution in [2.24, 2.45) is 0 Å². The number of furan rings is 1. The predicted molar refractivity (Wildman–Crippen MR) is 90.8 cm³/mol. The van der Waals surface area contributed by atoms with Gasteiger partial charge in [0.15, 0.2) is 0 Å². The molecule has 0 aliphatic carbocycles. The summed E-state index contributed by atoms with van der Waals surface area (Å²) >= 11 is 0. The van der Waals surface area contributed by atoms with Crippen molar-refractivity contribution in [1.29, 1.82) is 0 Å². The van der Waals surface area contributed by atoms with Gasteiger partial charge in [-0.1, -0.05) is 6.07 Å². The van der Waals surface area contributed by atoms with Gasteiger partial charge in [-0.15, -0.1) is 0 Å². The largest absolute Gasteiger partial charge is 0.466 e. The Morgan fingerprint density at radius 3 is 2.17 bits per heavy atom. The molecule has 1 aliphatic rings. The molecule has 2 N–H and O–H groups in total. The maximum Gasteiger partial charge on any atom is 0.257 e. The van der Waals surface area contributed by atoms with Gasteiger partial charge in [0.1, 0.15) is 11.5 Å². The number of hydrogen-bond donors (Lipinski definition) is 1. The van der Waals surface area contributed by atoms with Crippen molar-refractivity contribution < 1.29 is 14.0 Å². The van der Waals surface area contributed by atoms with Crippen LogP contribution in [0.3, 0.4) is 0 Å². The highest BCUT2D eigenvalue weighted by atomic mass is 16.3. The molecule has 6 nitrogen and oxygen atoms in total. The van der Waals surface area contributed by atoms with E-state index in [9.17, 15) is 9.59 Å². The lowest BCUT2D eigenvalue weighted by atomic mass is 10.1. The van der Waals surface area contributed by atoms with Crippen molar-refractivity contribution in [3.05, 3.63) is 53.0 Å². The molecule has 1 aromatic heterocycles. The molecule has 0 radical (unpaired) electrons. The van der Waals surface area contributed by atoms with Gasteiger partial charge in [0.05, 0.1) is 5.56 Å². The third-order valence-electron chi connectivity index (χ3n) is 4.26. The molecule has 126 valence electrons. The Bertz CT molecular complexity index is 774. The lowest BCUT2D eigenvalue weighted by molar-refractivity contribution is 0.0534. The molecule has 0 spiro atoms. The van der Waals surface area contributed by atoms with Crippen LogP contribution in [0.4, 0.5) is 5.69 Å². The molecule has 1 aromatic carbocycles. The van der Waals surface area contributed by atoms with Gasteiger partial charge < -0.3 is 20.0 Å². The summed E-state index contributed by atoms with van der Waals surface area (Å²) in [7, 11) is 0. The predicted octanol–water partition coefficient (Wildman–Crippen LogP) is 2.08. The number of amides is 2. The molecule has 2 heterocycles. The highest BCUT2D eigenvalue weighted by Crippen LogP contribution is 2.18. The summed E-state index contributed by atoms with van der Waals surface area (Å²) in [5.41, 5.74) is 7.49. The summed E-state index contributed by atoms with van der Waals surface area (Å²) in [6, 6.07) is 8.72. The SMILES string of the molecule is Cc1cc(C(=O)N2CCN(C(=O)c3cccc(N)c3)CC2)c(C)o1. The lowest BCUT2D eigenvalue weighted by Crippen LogP contribution is -2.50. The van der Waals surface area contributed by atoms with Crippen molar-refractivity contribution in [3.8, 4) is 0 Å². The van der Waals surface area contributed by atoms with Gasteiger partial charge in [-0.3, -0.25) is 9.59 Å². The van der Waals surface area contributed by atoms with Crippen molar-refractivity contribution in [1.82, 2.24) is 9.80 Å². The molecule has 3 rings (SSSR count). The van der Waals surface area contributed by atoms with Crippen LogP contribution in [0.1, 0.15) is 32.2 Å². The second kappa shape index (κ2) is 6.39. The maximum absolute atomic E-state index is 12.6. The average Bonchev–Trinajstić information content (AvgIpc) is 2.92. The number of nitrogens with two attached hydrogens (primary N) is 1. The minimum Gasteiger partial charge on any atom is -0.466 e. The molecule has 0 atom stereocenters. The molecule has 0 unspecified atom stereocenters. The fourth-order valence-corrected chi connectivity index (χ4v) is 2.98. The number of anilines is 1. The number of benzene rings is 1. The van der Waals surface area contributed by atoms with Crippen molar-refractivity contribution in [2.75, 3.05) is 31.9 Å². The Hall–Kier alpha value is -2.76. The zero-order chi connectivity index (χ0) is 17.3. The molecule has 2 amide bonds. The maximum atomic E-state index is 12.6. The summed E-state index contributed by atoms with van der Waals surface area (Å²) in [5.74, 6) is 1.27. The second-order valence-corrected chi connectivity index (χ2v) is 6.04. The fourth-order valence-electron chi connectivity index (χ4n) is 2.98. The van der Waals surface area contributed by atoms with E-state index < -0.39 is 0 Å². The number of aryl methyl sites for hydroxylation is 2. The highest BCUT2D eigenvalue weighted by Gasteiger charge is 2.27. The van der Waals surface area contributed by atoms with Gasteiger partial charge in [-0.05, 0) is 38.1 Å². The molecule has 0 saturated carbocycles. The average molecular weight is 327 g/mol. The van der Waals surface area contributed by atoms with E-state index in [1.54, 1.807) is 47.1 Å². The fraction of sp³-hybridized carbons (Fsp3) is 0.333. The number of piperazine rings is 1. The van der Waals surface area contributed by atoms with Crippen LogP contribution < -0.4 is 5.73 Å². The van der Waals surface area contributed by atoms with Gasteiger partial charge in [0.25, 0.3) is 11.8 Å². The molecule has 1 aliphatic heterocycles. The van der Waals surface area contributed by atoms with Crippen LogP contribution in [-0.2, 0) is 0 Å². The zero-order valence-electron chi connectivity index (χ0n) is 13.9. The Morgan fingerprint density at radius 1 is 1.00 bits per heavy atom. The minimum absolute atomic E-state index is 0.0413. The van der Waals surface area contributed by atoms with Crippen LogP contribution in [0.15, 0.2) is 34.7 Å². The van der Waals surface area contributed by atoms with Crippen LogP contribution in [0.25, 0.3) is 0 Å². The number of carbonyl (C=O) groups excluding carboxylic acids is 2. The first kappa shape index (κ1) is 16.1. The van der Waals surface area contributed by atoms with Crippen LogP contribution in [0, 0.1) is 13.8 Å². The first-order chi connectivity index (χ1) is 11.5. The molecule has 6 heteroatoms. The van der Waals surface area contributed by atoms with E-state index in [2.05, 4.69) is 0 Å². The summed E-state index contributed by atoms with van der Waals surface area (Å²) in [6.45, 7) is 5.66. The van der Waals surface area contributed by atoms with Crippen molar-refractivity contribution in [3.63, 3.8) is 0 Å². The van der Waals surface area contributed by atoms with Crippen LogP contribution in [0.5, 0.6) is 0 Å². The third-order valence-corrected chi connectivity index (χ3v) is 4.26. The summed E-state index contributed by atoms with van der Waals surface area (Å²) in [4.78, 5) is 28.6. The Balaban J connectivity index is 1.64. The van der Waals surface area contributed by atoms with E-state index in [0.717, 1.165) is 5.76 Å². The van der Waals surface area contributed by atoms with Gasteiger partial charge in [0, 0.05) is 37.4 Å². The Kier molecular flexibility index (Phi) is 4.29. The van der Waals surface area contributed by atoms with Gasteiger partial charge in [-0.2, -0.15) is 0 Å². The van der Waals surface area contributed by atoms with Crippen LogP contribution in [0.2, 0.25) is 0 Å². The standard InChI is InChI=1S/C18H21N3O3/c1-12-10-16(13(2)24-12)18(23)21-8-6-20(7-9-21)17(22)14-4-3-5-15(19)11-14/h3-5,10-11H,6-9,19H2,1-2H3. The molecule has 1 saturated heterocycles. The Morgan fingerprint density at radius 2 is 1.62 bits per heavy atom. The number of hydrogen-bond acceptors (Lipinski definition) is 4. The normalized spacial score (nSPS) is 14.8. The molecule has 0 bridgehead atoms. The van der Waals surface area contributed by atoms with E-state index >= 15 is 0 Å². The van der Waals surface area contributed by atoms with Gasteiger partial charge >= 0.3 is 0 Å². The minimum atomic E-state index is -0.0512. The number of rotatable bonds is 2. The van der Waals surface area contributed by atoms with Gasteiger partial charge in [0.2, 0.25) is 0 Å². The lowest BCUT2D eigenvalue weighted by Gasteiger charge is -2.34. The van der Waals surface area contributed by atoms with E-state index in [1.807, 2.05) is 6.92 Å². The highest BCUT2D eigenvalue weighted by molar-refractivity contribution is 5.97. The quantitative estimate of drug-likeness (QED) is 0.857. The van der Waals surface area contributed by atoms with E-state index in [-0.39, 0.29) is 11.8 Å². The molecule has 2 aromatic rings. The first-order valence-electron chi connectivity index (χ1n) is 7.97. The molecule has 24 heavy (non-hydrogen) atoms. The van der Waals surface area contributed by atoms with E-state index in [1.165, 1.54) is 0 Å². The number of nitrogens with zero attached hydrogens (tertiary/aromatic N) is 2. The van der Waals surface area contributed by atoms with Crippen molar-refractivity contribution in [2.45, 2.75) is 13.8 Å². The summed E-state index contributed by atoms with van der Waals surface area (Å²) < 4.78 is 5.43. The van der Waals surface area contributed by atoms with E-state index in [0.29, 0.717) is 48.8 Å². The smallest absolute Gasteiger partial charge is 0.257 e. The van der Waals surface area contributed by atoms with Crippen LogP contribution >= 0.6 is 0 Å². The summed E-state index contributed by atoms with van der Waals surface area (Å²) in [6.07, 6.45) is 0. The van der Waals surface area contributed by atoms with Crippen molar-refractivity contribution >= 4 is 17.5 Å². The number of carbonyl (C=O) groups is 2. The molecular formula is C18H21N3O3. The monoisotopic (exact) mass is 327 g/mol. The Labute approximate surface area is 140 Å². The van der Waals surface area contributed by atoms with E-state index in [4.69, 9.17) is 10.2 Å².